The fourth-order valence-corrected chi connectivity index (χ4v) is 4.41. The topological polar surface area (TPSA) is 21.3 Å². The number of hydrogen-bond donors (Lipinski definition) is 1. The molecule has 31 heavy (non-hydrogen) atoms. The van der Waals surface area contributed by atoms with E-state index in [1.54, 1.807) is 0 Å². The smallest absolute Gasteiger partial charge is 0.128 e. The van der Waals surface area contributed by atoms with Crippen LogP contribution in [0, 0.1) is 0 Å². The van der Waals surface area contributed by atoms with Crippen LogP contribution in [0.1, 0.15) is 57.6 Å². The molecule has 1 unspecified atom stereocenters. The van der Waals surface area contributed by atoms with Crippen molar-refractivity contribution in [3.05, 3.63) is 83.9 Å². The number of nitrogens with one attached hydrogen (secondary N) is 1. The quantitative estimate of drug-likeness (QED) is 0.451. The van der Waals surface area contributed by atoms with Crippen LogP contribution in [0.2, 0.25) is 0 Å². The zero-order valence-corrected chi connectivity index (χ0v) is 19.2. The first-order valence-electron chi connectivity index (χ1n) is 11.7. The number of rotatable bonds is 6. The van der Waals surface area contributed by atoms with Crippen molar-refractivity contribution in [1.29, 1.82) is 0 Å². The van der Waals surface area contributed by atoms with Gasteiger partial charge in [0.25, 0.3) is 0 Å². The molecule has 1 aliphatic heterocycles. The molecule has 1 heterocycles. The van der Waals surface area contributed by atoms with Gasteiger partial charge in [0.2, 0.25) is 0 Å². The minimum absolute atomic E-state index is 0.148. The van der Waals surface area contributed by atoms with E-state index in [4.69, 9.17) is 4.74 Å². The number of aryl methyl sites for hydroxylation is 1. The van der Waals surface area contributed by atoms with Crippen molar-refractivity contribution >= 4 is 0 Å². The van der Waals surface area contributed by atoms with Crippen molar-refractivity contribution in [2.24, 2.45) is 0 Å². The fourth-order valence-electron chi connectivity index (χ4n) is 4.41. The van der Waals surface area contributed by atoms with Crippen molar-refractivity contribution in [1.82, 2.24) is 5.32 Å². The third-order valence-corrected chi connectivity index (χ3v) is 6.29. The van der Waals surface area contributed by atoms with E-state index in [1.165, 1.54) is 54.5 Å². The second kappa shape index (κ2) is 9.70. The van der Waals surface area contributed by atoms with Crippen LogP contribution in [0.25, 0.3) is 11.1 Å². The third-order valence-electron chi connectivity index (χ3n) is 6.29. The minimum Gasteiger partial charge on any atom is -0.457 e. The molecule has 0 aliphatic carbocycles. The SMILES string of the molecule is CC(C)(C)c1ccc(Oc2cccc(-c3ccccc3CCC3CCCCN3)c2)cc1. The number of piperidine rings is 1. The summed E-state index contributed by atoms with van der Waals surface area (Å²) >= 11 is 0. The summed E-state index contributed by atoms with van der Waals surface area (Å²) in [5.41, 5.74) is 5.41. The summed E-state index contributed by atoms with van der Waals surface area (Å²) in [4.78, 5) is 0. The molecule has 4 rings (SSSR count). The molecule has 1 fully saturated rings. The number of hydrogen-bond acceptors (Lipinski definition) is 2. The van der Waals surface area contributed by atoms with E-state index in [0.29, 0.717) is 6.04 Å². The van der Waals surface area contributed by atoms with Crippen molar-refractivity contribution in [3.8, 4) is 22.6 Å². The van der Waals surface area contributed by atoms with Crippen molar-refractivity contribution in [3.63, 3.8) is 0 Å². The molecule has 0 bridgehead atoms. The van der Waals surface area contributed by atoms with Gasteiger partial charge in [0.05, 0.1) is 0 Å². The summed E-state index contributed by atoms with van der Waals surface area (Å²) in [7, 11) is 0. The maximum absolute atomic E-state index is 6.19. The fraction of sp³-hybridized carbons (Fsp3) is 0.379. The Morgan fingerprint density at radius 1 is 0.871 bits per heavy atom. The molecule has 0 radical (unpaired) electrons. The van der Waals surface area contributed by atoms with Crippen molar-refractivity contribution < 1.29 is 4.74 Å². The molecule has 1 aliphatic rings. The lowest BCUT2D eigenvalue weighted by Gasteiger charge is -2.23. The lowest BCUT2D eigenvalue weighted by Crippen LogP contribution is -2.34. The first kappa shape index (κ1) is 21.6. The molecule has 2 heteroatoms. The van der Waals surface area contributed by atoms with Gasteiger partial charge in [-0.05, 0) is 84.2 Å². The van der Waals surface area contributed by atoms with E-state index in [1.807, 2.05) is 6.07 Å². The third kappa shape index (κ3) is 5.77. The van der Waals surface area contributed by atoms with Gasteiger partial charge in [-0.3, -0.25) is 0 Å². The van der Waals surface area contributed by atoms with Gasteiger partial charge in [-0.2, -0.15) is 0 Å². The normalized spacial score (nSPS) is 16.8. The Hall–Kier alpha value is -2.58. The van der Waals surface area contributed by atoms with Gasteiger partial charge in [-0.25, -0.2) is 0 Å². The van der Waals surface area contributed by atoms with Crippen LogP contribution >= 0.6 is 0 Å². The van der Waals surface area contributed by atoms with Gasteiger partial charge in [0.15, 0.2) is 0 Å². The highest BCUT2D eigenvalue weighted by atomic mass is 16.5. The molecule has 0 saturated carbocycles. The summed E-state index contributed by atoms with van der Waals surface area (Å²) in [6.07, 6.45) is 6.29. The first-order chi connectivity index (χ1) is 15.0. The average molecular weight is 414 g/mol. The lowest BCUT2D eigenvalue weighted by atomic mass is 9.87. The Bertz CT molecular complexity index is 978. The van der Waals surface area contributed by atoms with E-state index >= 15 is 0 Å². The lowest BCUT2D eigenvalue weighted by molar-refractivity contribution is 0.383. The Morgan fingerprint density at radius 3 is 2.42 bits per heavy atom. The van der Waals surface area contributed by atoms with Crippen molar-refractivity contribution in [2.45, 2.75) is 64.3 Å². The Labute approximate surface area is 187 Å². The molecule has 2 nitrogen and oxygen atoms in total. The van der Waals surface area contributed by atoms with Crippen LogP contribution in [0.5, 0.6) is 11.5 Å². The van der Waals surface area contributed by atoms with Gasteiger partial charge < -0.3 is 10.1 Å². The summed E-state index contributed by atoms with van der Waals surface area (Å²) in [5, 5.41) is 3.68. The van der Waals surface area contributed by atoms with Crippen LogP contribution in [-0.2, 0) is 11.8 Å². The molecule has 3 aromatic carbocycles. The molecule has 3 aromatic rings. The predicted molar refractivity (Wildman–Crippen MR) is 131 cm³/mol. The van der Waals surface area contributed by atoms with Gasteiger partial charge in [-0.1, -0.05) is 75.7 Å². The highest BCUT2D eigenvalue weighted by Gasteiger charge is 2.15. The van der Waals surface area contributed by atoms with Gasteiger partial charge in [-0.15, -0.1) is 0 Å². The highest BCUT2D eigenvalue weighted by Crippen LogP contribution is 2.31. The van der Waals surface area contributed by atoms with E-state index in [-0.39, 0.29) is 5.41 Å². The predicted octanol–water partition coefficient (Wildman–Crippen LogP) is 7.52. The molecule has 0 amide bonds. The Kier molecular flexibility index (Phi) is 6.77. The molecule has 1 saturated heterocycles. The summed E-state index contributed by atoms with van der Waals surface area (Å²) in [6.45, 7) is 7.86. The van der Waals surface area contributed by atoms with Crippen LogP contribution < -0.4 is 10.1 Å². The van der Waals surface area contributed by atoms with Crippen LogP contribution in [0.4, 0.5) is 0 Å². The first-order valence-corrected chi connectivity index (χ1v) is 11.7. The molecule has 1 N–H and O–H groups in total. The number of benzene rings is 3. The largest absolute Gasteiger partial charge is 0.457 e. The van der Waals surface area contributed by atoms with Crippen LogP contribution in [0.15, 0.2) is 72.8 Å². The summed E-state index contributed by atoms with van der Waals surface area (Å²) < 4.78 is 6.19. The maximum atomic E-state index is 6.19. The van der Waals surface area contributed by atoms with Gasteiger partial charge in [0, 0.05) is 6.04 Å². The second-order valence-electron chi connectivity index (χ2n) is 9.75. The molecule has 0 spiro atoms. The summed E-state index contributed by atoms with van der Waals surface area (Å²) in [5.74, 6) is 1.76. The summed E-state index contributed by atoms with van der Waals surface area (Å²) in [6, 6.07) is 26.4. The Balaban J connectivity index is 1.49. The second-order valence-corrected chi connectivity index (χ2v) is 9.75. The molecule has 162 valence electrons. The average Bonchev–Trinajstić information content (AvgIpc) is 2.78. The molecular formula is C29H35NO. The van der Waals surface area contributed by atoms with E-state index < -0.39 is 0 Å². The number of ether oxygens (including phenoxy) is 1. The van der Waals surface area contributed by atoms with Crippen LogP contribution in [-0.4, -0.2) is 12.6 Å². The minimum atomic E-state index is 0.148. The molecule has 1 atom stereocenters. The van der Waals surface area contributed by atoms with Gasteiger partial charge in [0.1, 0.15) is 11.5 Å². The Morgan fingerprint density at radius 2 is 1.68 bits per heavy atom. The van der Waals surface area contributed by atoms with Gasteiger partial charge >= 0.3 is 0 Å². The van der Waals surface area contributed by atoms with E-state index in [2.05, 4.69) is 92.8 Å². The van der Waals surface area contributed by atoms with E-state index in [0.717, 1.165) is 17.9 Å². The zero-order valence-electron chi connectivity index (χ0n) is 19.2. The molecule has 0 aromatic heterocycles. The maximum Gasteiger partial charge on any atom is 0.128 e. The monoisotopic (exact) mass is 413 g/mol. The van der Waals surface area contributed by atoms with Crippen LogP contribution in [0.3, 0.4) is 0 Å². The highest BCUT2D eigenvalue weighted by molar-refractivity contribution is 5.69. The standard InChI is InChI=1S/C29H35NO/c1-29(2,3)24-15-18-26(19-16-24)31-27-12-8-10-23(21-27)28-13-5-4-9-22(28)14-17-25-11-6-7-20-30-25/h4-5,8-10,12-13,15-16,18-19,21,25,30H,6-7,11,14,17,20H2,1-3H3. The zero-order chi connectivity index (χ0) is 21.7. The van der Waals surface area contributed by atoms with E-state index in [9.17, 15) is 0 Å². The molecular weight excluding hydrogens is 378 g/mol. The van der Waals surface area contributed by atoms with Crippen molar-refractivity contribution in [2.75, 3.05) is 6.54 Å².